The fraction of sp³-hybridized carbons (Fsp3) is 0.444. The zero-order chi connectivity index (χ0) is 65.6. The Balaban J connectivity index is 0.000000214. The first-order valence-electron chi connectivity index (χ1n) is 33.5. The normalized spacial score (nSPS) is 11.9. The maximum Gasteiger partial charge on any atom is 0.325 e. The molecule has 0 saturated carbocycles. The number of rotatable bonds is 18. The smallest absolute Gasteiger partial charge is 0.325 e. The maximum atomic E-state index is 6.10. The molecule has 9 aromatic rings. The largest absolute Gasteiger partial charge is 1.00 e. The van der Waals surface area contributed by atoms with Gasteiger partial charge in [0.15, 0.2) is 4.77 Å². The van der Waals surface area contributed by atoms with E-state index in [2.05, 4.69) is 346 Å². The average molecular weight is 1270 g/mol. The molecule has 482 valence electrons. The van der Waals surface area contributed by atoms with Crippen LogP contribution in [0.15, 0.2) is 158 Å². The third kappa shape index (κ3) is 15.6. The molecule has 9 heteroatoms. The molecule has 0 fully saturated rings. The van der Waals surface area contributed by atoms with Crippen molar-refractivity contribution in [1.82, 2.24) is 18.3 Å². The molecule has 6 aromatic carbocycles. The van der Waals surface area contributed by atoms with Crippen LogP contribution in [-0.4, -0.2) is 18.3 Å². The summed E-state index contributed by atoms with van der Waals surface area (Å²) in [4.78, 5) is 0. The summed E-state index contributed by atoms with van der Waals surface area (Å²) >= 11 is 11.2. The fourth-order valence-corrected chi connectivity index (χ4v) is 13.5. The van der Waals surface area contributed by atoms with E-state index in [-0.39, 0.29) is 12.4 Å². The molecule has 0 N–H and O–H groups in total. The summed E-state index contributed by atoms with van der Waals surface area (Å²) in [6, 6.07) is 40.2. The molecular formula is C81H110ClN6S2+. The Hall–Kier alpha value is -6.19. The first kappa shape index (κ1) is 72.9. The highest BCUT2D eigenvalue weighted by molar-refractivity contribution is 7.80. The van der Waals surface area contributed by atoms with E-state index in [4.69, 9.17) is 24.8 Å². The number of hydrogen-bond acceptors (Lipinski definition) is 2. The molecule has 0 saturated heterocycles. The Morgan fingerprint density at radius 1 is 0.300 bits per heavy atom. The van der Waals surface area contributed by atoms with Crippen LogP contribution in [0.5, 0.6) is 0 Å². The molecular weight excluding hydrogens is 1160 g/mol. The predicted octanol–water partition coefficient (Wildman–Crippen LogP) is 20.3. The summed E-state index contributed by atoms with van der Waals surface area (Å²) in [5, 5.41) is 0.944. The molecule has 0 radical (unpaired) electrons. The summed E-state index contributed by atoms with van der Waals surface area (Å²) in [6.45, 7) is 54.5. The van der Waals surface area contributed by atoms with Crippen LogP contribution in [0.25, 0.3) is 34.1 Å². The Morgan fingerprint density at radius 2 is 0.544 bits per heavy atom. The van der Waals surface area contributed by atoms with Gasteiger partial charge in [-0.05, 0) is 105 Å². The molecule has 0 unspecified atom stereocenters. The minimum absolute atomic E-state index is 0. The van der Waals surface area contributed by atoms with Crippen LogP contribution >= 0.6 is 24.8 Å². The van der Waals surface area contributed by atoms with Crippen LogP contribution in [0, 0.1) is 4.77 Å². The monoisotopic (exact) mass is 1270 g/mol. The van der Waals surface area contributed by atoms with Crippen molar-refractivity contribution in [3.63, 3.8) is 0 Å². The standard InChI is InChI=1S/2C27H36N2S.C27H37N2.ClH/c2*1-17(2)21-11-9-12-22(18(3)4)25(21)28-15-16-29(27(28)30)26-23(19(5)6)13-10-14-24(26)20(7)8;1-18(2)22-11-9-12-23(19(3)4)26(22)28-15-16-29(17-28)27-24(20(5)6)13-10-14-25(27)21(7)8;/h2*9-20H,1-8H3;9-21H,1-8H3;1H/q;;+1;. The summed E-state index contributed by atoms with van der Waals surface area (Å²) in [5.74, 6) is 5.40. The van der Waals surface area contributed by atoms with E-state index in [9.17, 15) is 0 Å². The van der Waals surface area contributed by atoms with Crippen LogP contribution < -0.4 is 21.5 Å². The van der Waals surface area contributed by atoms with Gasteiger partial charge in [-0.3, -0.25) is 9.13 Å². The minimum atomic E-state index is 0. The van der Waals surface area contributed by atoms with E-state index in [1.54, 1.807) is 0 Å². The number of para-hydroxylation sites is 6. The molecule has 0 amide bonds. The summed E-state index contributed by atoms with van der Waals surface area (Å²) in [7, 11) is 0. The highest BCUT2D eigenvalue weighted by atomic mass is 35.5. The lowest BCUT2D eigenvalue weighted by atomic mass is 9.92. The molecule has 3 aromatic heterocycles. The van der Waals surface area contributed by atoms with Gasteiger partial charge in [-0.2, -0.15) is 9.13 Å². The predicted molar refractivity (Wildman–Crippen MR) is 387 cm³/mol. The van der Waals surface area contributed by atoms with Crippen LogP contribution in [0.4, 0.5) is 0 Å². The number of halogens is 1. The first-order chi connectivity index (χ1) is 42.0. The molecule has 6 nitrogen and oxygen atoms in total. The third-order valence-corrected chi connectivity index (χ3v) is 18.6. The van der Waals surface area contributed by atoms with Gasteiger partial charge in [-0.15, -0.1) is 0 Å². The van der Waals surface area contributed by atoms with Gasteiger partial charge in [-0.25, -0.2) is 9.13 Å². The molecule has 0 aliphatic rings. The van der Waals surface area contributed by atoms with E-state index < -0.39 is 0 Å². The van der Waals surface area contributed by atoms with Gasteiger partial charge in [0.05, 0.1) is 11.4 Å². The first-order valence-corrected chi connectivity index (χ1v) is 34.4. The van der Waals surface area contributed by atoms with Crippen molar-refractivity contribution in [3.05, 3.63) is 224 Å². The van der Waals surface area contributed by atoms with Crippen LogP contribution in [0.2, 0.25) is 0 Å². The minimum Gasteiger partial charge on any atom is -1.00 e. The quantitative estimate of drug-likeness (QED) is 0.0517. The third-order valence-electron chi connectivity index (χ3n) is 17.7. The molecule has 0 aliphatic heterocycles. The van der Waals surface area contributed by atoms with Crippen molar-refractivity contribution in [1.29, 1.82) is 0 Å². The van der Waals surface area contributed by atoms with Crippen molar-refractivity contribution >= 4 is 24.8 Å². The Morgan fingerprint density at radius 3 is 0.822 bits per heavy atom. The lowest BCUT2D eigenvalue weighted by molar-refractivity contribution is -0.637. The van der Waals surface area contributed by atoms with Crippen LogP contribution in [-0.2, 0) is 0 Å². The number of hydrogen-bond donors (Lipinski definition) is 1. The van der Waals surface area contributed by atoms with E-state index in [0.717, 1.165) is 9.93 Å². The van der Waals surface area contributed by atoms with Gasteiger partial charge in [0.1, 0.15) is 47.5 Å². The van der Waals surface area contributed by atoms with E-state index in [1.807, 2.05) is 0 Å². The number of benzene rings is 6. The van der Waals surface area contributed by atoms with E-state index in [0.29, 0.717) is 71.0 Å². The van der Waals surface area contributed by atoms with Gasteiger partial charge >= 0.3 is 5.16 Å². The number of nitrogens with zero attached hydrogens (tertiary/aromatic N) is 6. The number of imidazole rings is 3. The van der Waals surface area contributed by atoms with Crippen molar-refractivity contribution < 1.29 is 21.5 Å². The van der Waals surface area contributed by atoms with Crippen molar-refractivity contribution in [2.75, 3.05) is 0 Å². The molecule has 0 bridgehead atoms. The lowest BCUT2D eigenvalue weighted by Gasteiger charge is -2.22. The second kappa shape index (κ2) is 31.4. The second-order valence-corrected chi connectivity index (χ2v) is 29.2. The highest BCUT2D eigenvalue weighted by Crippen LogP contribution is 2.38. The Labute approximate surface area is 561 Å². The summed E-state index contributed by atoms with van der Waals surface area (Å²) in [5.41, 5.74) is 24.2. The number of thiol groups is 1. The fourth-order valence-electron chi connectivity index (χ4n) is 12.8. The van der Waals surface area contributed by atoms with Crippen molar-refractivity contribution in [3.8, 4) is 34.1 Å². The Bertz CT molecular complexity index is 3490. The topological polar surface area (TPSA) is 27.5 Å². The zero-order valence-electron chi connectivity index (χ0n) is 59.3. The molecule has 0 spiro atoms. The molecule has 9 rings (SSSR count). The Kier molecular flexibility index (Phi) is 25.4. The summed E-state index contributed by atoms with van der Waals surface area (Å²) < 4.78 is 14.5. The van der Waals surface area contributed by atoms with Gasteiger partial charge < -0.3 is 12.4 Å². The maximum absolute atomic E-state index is 6.10. The average Bonchev–Trinajstić information content (AvgIpc) is 1.60. The highest BCUT2D eigenvalue weighted by Gasteiger charge is 2.30. The SMILES string of the molecule is CC(C)c1cccc(C(C)C)c1-n1cc[n+](-c2c(C(C)C)cccc2C(C)C)c1.CC(C)c1cccc(C(C)C)c1-n1cc[n+](-c2c(C(C)C)cccc2C(C)C)c1S.CC(C)c1cccc(C(C)C)c1-n1ccn(-c2c(C(C)C)cccc2C(C)C)c1=S.[Cl-]. The zero-order valence-corrected chi connectivity index (χ0v) is 61.7. The van der Waals surface area contributed by atoms with Gasteiger partial charge in [0, 0.05) is 56.9 Å². The summed E-state index contributed by atoms with van der Waals surface area (Å²) in [6.07, 6.45) is 15.4. The molecule has 3 heterocycles. The van der Waals surface area contributed by atoms with Crippen molar-refractivity contribution in [2.45, 2.75) is 242 Å². The molecule has 90 heavy (non-hydrogen) atoms. The van der Waals surface area contributed by atoms with E-state index in [1.165, 1.54) is 101 Å². The molecule has 0 aliphatic carbocycles. The van der Waals surface area contributed by atoms with E-state index >= 15 is 0 Å². The van der Waals surface area contributed by atoms with Gasteiger partial charge in [0.2, 0.25) is 0 Å². The lowest BCUT2D eigenvalue weighted by Crippen LogP contribution is -3.00. The second-order valence-electron chi connectivity index (χ2n) is 28.5. The number of aromatic nitrogens is 6. The van der Waals surface area contributed by atoms with Crippen molar-refractivity contribution in [2.24, 2.45) is 0 Å². The van der Waals surface area contributed by atoms with Crippen LogP contribution in [0.3, 0.4) is 0 Å². The van der Waals surface area contributed by atoms with Crippen LogP contribution in [0.1, 0.15) is 304 Å². The van der Waals surface area contributed by atoms with Gasteiger partial charge in [0.25, 0.3) is 6.33 Å². The van der Waals surface area contributed by atoms with Gasteiger partial charge in [-0.1, -0.05) is 288 Å². The molecule has 0 atom stereocenters.